The highest BCUT2D eigenvalue weighted by atomic mass is 35.5. The number of carbonyl (C=O) groups is 2. The van der Waals surface area contributed by atoms with Crippen LogP contribution in [0.25, 0.3) is 0 Å². The molecule has 1 fully saturated rings. The van der Waals surface area contributed by atoms with Gasteiger partial charge in [-0.1, -0.05) is 22.9 Å². The average Bonchev–Trinajstić information content (AvgIpc) is 3.19. The summed E-state index contributed by atoms with van der Waals surface area (Å²) in [5.74, 6) is -2.21. The van der Waals surface area contributed by atoms with E-state index < -0.39 is 17.7 Å². The van der Waals surface area contributed by atoms with Gasteiger partial charge in [-0.05, 0) is 57.2 Å². The molecule has 1 aliphatic rings. The highest BCUT2D eigenvalue weighted by Gasteiger charge is 2.38. The van der Waals surface area contributed by atoms with Crippen LogP contribution in [0.5, 0.6) is 0 Å². The molecule has 0 atom stereocenters. The van der Waals surface area contributed by atoms with Gasteiger partial charge in [-0.15, -0.1) is 5.10 Å². The third-order valence-electron chi connectivity index (χ3n) is 5.22. The highest BCUT2D eigenvalue weighted by Crippen LogP contribution is 2.23. The van der Waals surface area contributed by atoms with Crippen molar-refractivity contribution in [2.45, 2.75) is 51.9 Å². The predicted octanol–water partition coefficient (Wildman–Crippen LogP) is 3.62. The quantitative estimate of drug-likeness (QED) is 0.678. The van der Waals surface area contributed by atoms with Gasteiger partial charge in [-0.2, -0.15) is 13.2 Å². The summed E-state index contributed by atoms with van der Waals surface area (Å²) in [7, 11) is 0. The van der Waals surface area contributed by atoms with Crippen LogP contribution in [0.3, 0.4) is 0 Å². The molecule has 3 N–H and O–H groups in total. The standard InChI is InChI=1S/C19H26ClN5O.C2HF3O2/c1-13-4-5-15(20)10-16(13)18(26)24-8-6-14(7-9-24)11-25-12-17(22-23-25)19(2,3)21;3-2(4,5)1(6)7/h4-5,10,12,14H,6-9,11,21H2,1-3H3;(H,6,7). The van der Waals surface area contributed by atoms with E-state index in [0.29, 0.717) is 16.5 Å². The Morgan fingerprint density at radius 2 is 1.82 bits per heavy atom. The fourth-order valence-corrected chi connectivity index (χ4v) is 3.43. The number of piperidine rings is 1. The number of halogens is 4. The molecule has 1 saturated heterocycles. The molecular formula is C21H27ClF3N5O3. The van der Waals surface area contributed by atoms with Crippen LogP contribution in [-0.2, 0) is 16.9 Å². The molecule has 1 aliphatic heterocycles. The van der Waals surface area contributed by atoms with Crippen LogP contribution in [0.2, 0.25) is 5.02 Å². The lowest BCUT2D eigenvalue weighted by molar-refractivity contribution is -0.192. The van der Waals surface area contributed by atoms with Crippen LogP contribution < -0.4 is 5.73 Å². The number of aliphatic carboxylic acids is 1. The van der Waals surface area contributed by atoms with Gasteiger partial charge in [0.2, 0.25) is 0 Å². The monoisotopic (exact) mass is 489 g/mol. The van der Waals surface area contributed by atoms with E-state index in [0.717, 1.165) is 43.7 Å². The van der Waals surface area contributed by atoms with Crippen molar-refractivity contribution in [2.75, 3.05) is 13.1 Å². The molecular weight excluding hydrogens is 463 g/mol. The maximum absolute atomic E-state index is 12.8. The Bertz CT molecular complexity index is 980. The topological polar surface area (TPSA) is 114 Å². The average molecular weight is 490 g/mol. The Morgan fingerprint density at radius 3 is 2.30 bits per heavy atom. The molecule has 0 aliphatic carbocycles. The summed E-state index contributed by atoms with van der Waals surface area (Å²) in [6, 6.07) is 5.47. The normalized spacial score (nSPS) is 15.1. The molecule has 1 aromatic heterocycles. The highest BCUT2D eigenvalue weighted by molar-refractivity contribution is 6.31. The summed E-state index contributed by atoms with van der Waals surface area (Å²) in [5.41, 5.74) is 8.03. The van der Waals surface area contributed by atoms with Crippen LogP contribution in [0.1, 0.15) is 48.3 Å². The first-order chi connectivity index (χ1) is 15.2. The zero-order chi connectivity index (χ0) is 25.0. The van der Waals surface area contributed by atoms with E-state index in [-0.39, 0.29) is 5.91 Å². The Morgan fingerprint density at radius 1 is 1.24 bits per heavy atom. The van der Waals surface area contributed by atoms with E-state index in [4.69, 9.17) is 27.2 Å². The van der Waals surface area contributed by atoms with Gasteiger partial charge in [0.15, 0.2) is 0 Å². The van der Waals surface area contributed by atoms with Crippen LogP contribution in [0, 0.1) is 12.8 Å². The van der Waals surface area contributed by atoms with Crippen LogP contribution in [0.4, 0.5) is 13.2 Å². The summed E-state index contributed by atoms with van der Waals surface area (Å²) in [5, 5.41) is 16.1. The smallest absolute Gasteiger partial charge is 0.475 e. The number of benzene rings is 1. The molecule has 0 radical (unpaired) electrons. The second-order valence-electron chi connectivity index (χ2n) is 8.55. The van der Waals surface area contributed by atoms with Crippen molar-refractivity contribution in [3.63, 3.8) is 0 Å². The third kappa shape index (κ3) is 7.71. The number of carboxylic acids is 1. The molecule has 2 heterocycles. The van der Waals surface area contributed by atoms with E-state index >= 15 is 0 Å². The van der Waals surface area contributed by atoms with Gasteiger partial charge in [0, 0.05) is 30.2 Å². The first-order valence-corrected chi connectivity index (χ1v) is 10.6. The van der Waals surface area contributed by atoms with E-state index in [2.05, 4.69) is 10.3 Å². The van der Waals surface area contributed by atoms with Gasteiger partial charge < -0.3 is 15.7 Å². The number of hydrogen-bond acceptors (Lipinski definition) is 5. The van der Waals surface area contributed by atoms with E-state index in [1.165, 1.54) is 0 Å². The number of aromatic nitrogens is 3. The first-order valence-electron chi connectivity index (χ1n) is 10.2. The number of rotatable bonds is 4. The van der Waals surface area contributed by atoms with Gasteiger partial charge >= 0.3 is 12.1 Å². The first kappa shape index (κ1) is 26.6. The Balaban J connectivity index is 0.000000479. The van der Waals surface area contributed by atoms with Crippen molar-refractivity contribution in [3.8, 4) is 0 Å². The predicted molar refractivity (Wildman–Crippen MR) is 116 cm³/mol. The summed E-state index contributed by atoms with van der Waals surface area (Å²) in [4.78, 5) is 23.6. The van der Waals surface area contributed by atoms with Crippen molar-refractivity contribution < 1.29 is 27.9 Å². The molecule has 12 heteroatoms. The minimum Gasteiger partial charge on any atom is -0.475 e. The van der Waals surface area contributed by atoms with Crippen LogP contribution >= 0.6 is 11.6 Å². The second-order valence-corrected chi connectivity index (χ2v) is 8.98. The number of nitrogens with zero attached hydrogens (tertiary/aromatic N) is 4. The molecule has 8 nitrogen and oxygen atoms in total. The largest absolute Gasteiger partial charge is 0.490 e. The van der Waals surface area contributed by atoms with Gasteiger partial charge in [0.05, 0.1) is 11.7 Å². The number of amides is 1. The van der Waals surface area contributed by atoms with E-state index in [9.17, 15) is 18.0 Å². The van der Waals surface area contributed by atoms with Gasteiger partial charge in [-0.25, -0.2) is 4.79 Å². The number of alkyl halides is 3. The summed E-state index contributed by atoms with van der Waals surface area (Å²) in [6.45, 7) is 8.09. The van der Waals surface area contributed by atoms with Gasteiger partial charge in [-0.3, -0.25) is 9.48 Å². The second kappa shape index (κ2) is 10.5. The SMILES string of the molecule is Cc1ccc(Cl)cc1C(=O)N1CCC(Cn2cc(C(C)(C)N)nn2)CC1.O=C(O)C(F)(F)F. The van der Waals surface area contributed by atoms with Crippen molar-refractivity contribution >= 4 is 23.5 Å². The zero-order valence-electron chi connectivity index (χ0n) is 18.6. The molecule has 0 bridgehead atoms. The lowest BCUT2D eigenvalue weighted by Crippen LogP contribution is -2.39. The minimum atomic E-state index is -5.08. The summed E-state index contributed by atoms with van der Waals surface area (Å²) < 4.78 is 33.6. The Labute approximate surface area is 194 Å². The summed E-state index contributed by atoms with van der Waals surface area (Å²) >= 11 is 6.05. The lowest BCUT2D eigenvalue weighted by atomic mass is 9.96. The van der Waals surface area contributed by atoms with Crippen LogP contribution in [0.15, 0.2) is 24.4 Å². The molecule has 2 aromatic rings. The third-order valence-corrected chi connectivity index (χ3v) is 5.45. The Hall–Kier alpha value is -2.66. The Kier molecular flexibility index (Phi) is 8.47. The zero-order valence-corrected chi connectivity index (χ0v) is 19.3. The number of carbonyl (C=O) groups excluding carboxylic acids is 1. The van der Waals surface area contributed by atoms with Crippen LogP contribution in [-0.4, -0.2) is 56.1 Å². The van der Waals surface area contributed by atoms with Crippen molar-refractivity contribution in [1.82, 2.24) is 19.9 Å². The van der Waals surface area contributed by atoms with Crippen molar-refractivity contribution in [3.05, 3.63) is 46.2 Å². The number of hydrogen-bond donors (Lipinski definition) is 2. The number of aryl methyl sites for hydroxylation is 1. The molecule has 182 valence electrons. The molecule has 33 heavy (non-hydrogen) atoms. The van der Waals surface area contributed by atoms with Crippen molar-refractivity contribution in [1.29, 1.82) is 0 Å². The van der Waals surface area contributed by atoms with Gasteiger partial charge in [0.25, 0.3) is 5.91 Å². The molecule has 0 spiro atoms. The van der Waals surface area contributed by atoms with Gasteiger partial charge in [0.1, 0.15) is 5.69 Å². The van der Waals surface area contributed by atoms with E-state index in [1.807, 2.05) is 48.7 Å². The maximum Gasteiger partial charge on any atom is 0.490 e. The maximum atomic E-state index is 12.8. The molecule has 3 rings (SSSR count). The fraction of sp³-hybridized carbons (Fsp3) is 0.524. The molecule has 0 saturated carbocycles. The fourth-order valence-electron chi connectivity index (χ4n) is 3.26. The molecule has 0 unspecified atom stereocenters. The lowest BCUT2D eigenvalue weighted by Gasteiger charge is -2.32. The number of likely N-dealkylation sites (tertiary alicyclic amines) is 1. The number of carboxylic acid groups (broad SMARTS) is 1. The minimum absolute atomic E-state index is 0.0661. The molecule has 1 amide bonds. The van der Waals surface area contributed by atoms with E-state index in [1.54, 1.807) is 6.07 Å². The number of nitrogens with two attached hydrogens (primary N) is 1. The summed E-state index contributed by atoms with van der Waals surface area (Å²) in [6.07, 6.45) is -1.26. The molecule has 1 aromatic carbocycles. The van der Waals surface area contributed by atoms with Crippen molar-refractivity contribution in [2.24, 2.45) is 11.7 Å².